The summed E-state index contributed by atoms with van der Waals surface area (Å²) in [6.07, 6.45) is 0.230. The Bertz CT molecular complexity index is 885. The van der Waals surface area contributed by atoms with E-state index in [1.807, 2.05) is 30.3 Å². The second-order valence-electron chi connectivity index (χ2n) is 6.28. The summed E-state index contributed by atoms with van der Waals surface area (Å²) in [6, 6.07) is 12.9. The number of nitrogens with one attached hydrogen (secondary N) is 2. The van der Waals surface area contributed by atoms with Crippen molar-refractivity contribution >= 4 is 15.9 Å². The van der Waals surface area contributed by atoms with E-state index in [9.17, 15) is 13.2 Å². The summed E-state index contributed by atoms with van der Waals surface area (Å²) in [4.78, 5) is 12.7. The number of benzene rings is 2. The lowest BCUT2D eigenvalue weighted by Crippen LogP contribution is -2.48. The molecular weight excluding hydrogens is 380 g/mol. The van der Waals surface area contributed by atoms with Gasteiger partial charge >= 0.3 is 0 Å². The van der Waals surface area contributed by atoms with Gasteiger partial charge in [0.1, 0.15) is 11.8 Å². The van der Waals surface area contributed by atoms with Crippen molar-refractivity contribution in [2.45, 2.75) is 24.3 Å². The first kappa shape index (κ1) is 21.9. The van der Waals surface area contributed by atoms with E-state index in [4.69, 9.17) is 9.47 Å². The van der Waals surface area contributed by atoms with Gasteiger partial charge in [-0.15, -0.1) is 0 Å². The lowest BCUT2D eigenvalue weighted by Gasteiger charge is -2.19. The molecular formula is C20H26N2O5S. The van der Waals surface area contributed by atoms with Crippen LogP contribution in [0.2, 0.25) is 0 Å². The number of methoxy groups -OCH3 is 2. The predicted molar refractivity (Wildman–Crippen MR) is 107 cm³/mol. The molecule has 1 atom stereocenters. The normalized spacial score (nSPS) is 12.4. The Kier molecular flexibility index (Phi) is 7.98. The summed E-state index contributed by atoms with van der Waals surface area (Å²) in [6.45, 7) is 2.40. The third-order valence-electron chi connectivity index (χ3n) is 4.18. The number of hydrogen-bond donors (Lipinski definition) is 2. The van der Waals surface area contributed by atoms with Crippen LogP contribution in [-0.4, -0.2) is 47.7 Å². The van der Waals surface area contributed by atoms with Gasteiger partial charge in [0, 0.05) is 13.7 Å². The Morgan fingerprint density at radius 3 is 2.43 bits per heavy atom. The zero-order chi connectivity index (χ0) is 20.6. The van der Waals surface area contributed by atoms with Gasteiger partial charge in [0.2, 0.25) is 15.9 Å². The minimum Gasteiger partial charge on any atom is -0.496 e. The van der Waals surface area contributed by atoms with Crippen molar-refractivity contribution in [3.8, 4) is 5.75 Å². The largest absolute Gasteiger partial charge is 0.496 e. The zero-order valence-corrected chi connectivity index (χ0v) is 17.1. The molecule has 28 heavy (non-hydrogen) atoms. The predicted octanol–water partition coefficient (Wildman–Crippen LogP) is 1.66. The molecule has 0 radical (unpaired) electrons. The number of rotatable bonds is 10. The number of amides is 1. The van der Waals surface area contributed by atoms with Crippen molar-refractivity contribution < 1.29 is 22.7 Å². The highest BCUT2D eigenvalue weighted by molar-refractivity contribution is 7.89. The standard InChI is InChI=1S/C20H26N2O5S/c1-15-13-17(9-10-19(15)27-3)28(24,25)22-18(20(23)21-11-12-26-2)14-16-7-5-4-6-8-16/h4-10,13,18,22H,11-12,14H2,1-3H3,(H,21,23). The van der Waals surface area contributed by atoms with Crippen molar-refractivity contribution in [3.63, 3.8) is 0 Å². The lowest BCUT2D eigenvalue weighted by molar-refractivity contribution is -0.122. The lowest BCUT2D eigenvalue weighted by atomic mass is 10.1. The van der Waals surface area contributed by atoms with Crippen LogP contribution >= 0.6 is 0 Å². The molecule has 2 rings (SSSR count). The fourth-order valence-electron chi connectivity index (χ4n) is 2.71. The molecule has 0 aliphatic heterocycles. The SMILES string of the molecule is COCCNC(=O)C(Cc1ccccc1)NS(=O)(=O)c1ccc(OC)c(C)c1. The van der Waals surface area contributed by atoms with Gasteiger partial charge in [-0.2, -0.15) is 4.72 Å². The van der Waals surface area contributed by atoms with Crippen molar-refractivity contribution in [3.05, 3.63) is 59.7 Å². The molecule has 1 amide bonds. The minimum atomic E-state index is -3.90. The van der Waals surface area contributed by atoms with E-state index < -0.39 is 22.0 Å². The molecule has 0 fully saturated rings. The van der Waals surface area contributed by atoms with E-state index in [1.54, 1.807) is 13.0 Å². The number of carbonyl (C=O) groups excluding carboxylic acids is 1. The zero-order valence-electron chi connectivity index (χ0n) is 16.3. The Hall–Kier alpha value is -2.42. The monoisotopic (exact) mass is 406 g/mol. The van der Waals surface area contributed by atoms with E-state index in [0.29, 0.717) is 24.5 Å². The van der Waals surface area contributed by atoms with E-state index in [-0.39, 0.29) is 11.3 Å². The van der Waals surface area contributed by atoms with Crippen LogP contribution in [0.1, 0.15) is 11.1 Å². The molecule has 0 bridgehead atoms. The topological polar surface area (TPSA) is 93.7 Å². The fourth-order valence-corrected chi connectivity index (χ4v) is 3.99. The highest BCUT2D eigenvalue weighted by Crippen LogP contribution is 2.21. The van der Waals surface area contributed by atoms with Crippen molar-refractivity contribution in [1.82, 2.24) is 10.0 Å². The second kappa shape index (κ2) is 10.2. The van der Waals surface area contributed by atoms with Crippen LogP contribution in [0.3, 0.4) is 0 Å². The molecule has 2 aromatic rings. The third-order valence-corrected chi connectivity index (χ3v) is 5.65. The first-order valence-electron chi connectivity index (χ1n) is 8.85. The molecule has 8 heteroatoms. The van der Waals surface area contributed by atoms with Crippen LogP contribution in [0, 0.1) is 6.92 Å². The van der Waals surface area contributed by atoms with E-state index in [1.165, 1.54) is 26.4 Å². The Balaban J connectivity index is 2.24. The Morgan fingerprint density at radius 1 is 1.11 bits per heavy atom. The summed E-state index contributed by atoms with van der Waals surface area (Å²) in [5.74, 6) is 0.187. The molecule has 152 valence electrons. The van der Waals surface area contributed by atoms with Crippen LogP contribution in [0.4, 0.5) is 0 Å². The second-order valence-corrected chi connectivity index (χ2v) is 7.99. The van der Waals surface area contributed by atoms with Gasteiger partial charge < -0.3 is 14.8 Å². The van der Waals surface area contributed by atoms with Crippen molar-refractivity contribution in [2.75, 3.05) is 27.4 Å². The molecule has 0 aliphatic carbocycles. The van der Waals surface area contributed by atoms with Crippen molar-refractivity contribution in [2.24, 2.45) is 0 Å². The van der Waals surface area contributed by atoms with E-state index in [2.05, 4.69) is 10.0 Å². The summed E-state index contributed by atoms with van der Waals surface area (Å²) in [5.41, 5.74) is 1.54. The van der Waals surface area contributed by atoms with E-state index >= 15 is 0 Å². The summed E-state index contributed by atoms with van der Waals surface area (Å²) < 4.78 is 38.4. The average Bonchev–Trinajstić information content (AvgIpc) is 2.68. The molecule has 0 aromatic heterocycles. The Morgan fingerprint density at radius 2 is 1.82 bits per heavy atom. The molecule has 2 N–H and O–H groups in total. The highest BCUT2D eigenvalue weighted by atomic mass is 32.2. The van der Waals surface area contributed by atoms with Gasteiger partial charge in [0.25, 0.3) is 0 Å². The van der Waals surface area contributed by atoms with Gasteiger partial charge in [0.05, 0.1) is 18.6 Å². The van der Waals surface area contributed by atoms with Gasteiger partial charge in [0.15, 0.2) is 0 Å². The van der Waals surface area contributed by atoms with Crippen molar-refractivity contribution in [1.29, 1.82) is 0 Å². The van der Waals surface area contributed by atoms with Gasteiger partial charge in [-0.3, -0.25) is 4.79 Å². The molecule has 2 aromatic carbocycles. The number of hydrogen-bond acceptors (Lipinski definition) is 5. The molecule has 0 saturated heterocycles. The Labute approximate surface area is 166 Å². The fraction of sp³-hybridized carbons (Fsp3) is 0.350. The van der Waals surface area contributed by atoms with Crippen LogP contribution < -0.4 is 14.8 Å². The van der Waals surface area contributed by atoms with Crippen LogP contribution in [0.15, 0.2) is 53.4 Å². The highest BCUT2D eigenvalue weighted by Gasteiger charge is 2.26. The molecule has 0 heterocycles. The minimum absolute atomic E-state index is 0.0774. The molecule has 0 aliphatic rings. The number of ether oxygens (including phenoxy) is 2. The summed E-state index contributed by atoms with van der Waals surface area (Å²) in [7, 11) is -0.847. The molecule has 7 nitrogen and oxygen atoms in total. The maximum atomic E-state index is 12.9. The van der Waals surface area contributed by atoms with Crippen LogP contribution in [0.25, 0.3) is 0 Å². The van der Waals surface area contributed by atoms with Crippen LogP contribution in [0.5, 0.6) is 5.75 Å². The molecule has 0 saturated carbocycles. The van der Waals surface area contributed by atoms with Gasteiger partial charge in [-0.25, -0.2) is 8.42 Å². The van der Waals surface area contributed by atoms with E-state index in [0.717, 1.165) is 5.56 Å². The number of aryl methyl sites for hydroxylation is 1. The number of carbonyl (C=O) groups is 1. The molecule has 1 unspecified atom stereocenters. The maximum absolute atomic E-state index is 12.9. The van der Waals surface area contributed by atoms with Gasteiger partial charge in [-0.05, 0) is 42.7 Å². The maximum Gasteiger partial charge on any atom is 0.241 e. The quantitative estimate of drug-likeness (QED) is 0.585. The number of sulfonamides is 1. The smallest absolute Gasteiger partial charge is 0.241 e. The molecule has 0 spiro atoms. The first-order chi connectivity index (χ1) is 13.4. The van der Waals surface area contributed by atoms with Gasteiger partial charge in [-0.1, -0.05) is 30.3 Å². The third kappa shape index (κ3) is 6.05. The summed E-state index contributed by atoms with van der Waals surface area (Å²) >= 11 is 0. The first-order valence-corrected chi connectivity index (χ1v) is 10.3. The summed E-state index contributed by atoms with van der Waals surface area (Å²) in [5, 5.41) is 2.70. The average molecular weight is 407 g/mol. The van der Waals surface area contributed by atoms with Crippen LogP contribution in [-0.2, 0) is 26.0 Å².